The summed E-state index contributed by atoms with van der Waals surface area (Å²) in [5.74, 6) is -1.33. The number of unbranched alkanes of at least 4 members (excludes halogenated alkanes) is 1. The van der Waals surface area contributed by atoms with Gasteiger partial charge in [-0.1, -0.05) is 30.3 Å². The molecule has 1 aromatic rings. The summed E-state index contributed by atoms with van der Waals surface area (Å²) in [5, 5.41) is 5.24. The van der Waals surface area contributed by atoms with E-state index < -0.39 is 23.9 Å². The predicted molar refractivity (Wildman–Crippen MR) is 91.8 cm³/mol. The van der Waals surface area contributed by atoms with Crippen LogP contribution in [0, 0.1) is 0 Å². The highest BCUT2D eigenvalue weighted by Crippen LogP contribution is 2.05. The smallest absolute Gasteiger partial charge is 0.243 e. The van der Waals surface area contributed by atoms with E-state index in [1.54, 1.807) is 0 Å². The summed E-state index contributed by atoms with van der Waals surface area (Å²) < 4.78 is 0. The number of nitrogens with one attached hydrogen (secondary N) is 2. The number of carbonyl (C=O) groups excluding carboxylic acids is 3. The molecule has 7 nitrogen and oxygen atoms in total. The van der Waals surface area contributed by atoms with Gasteiger partial charge in [-0.2, -0.15) is 0 Å². The average Bonchev–Trinajstić information content (AvgIpc) is 2.54. The zero-order valence-electron chi connectivity index (χ0n) is 14.0. The highest BCUT2D eigenvalue weighted by molar-refractivity contribution is 5.91. The minimum atomic E-state index is -0.828. The molecule has 0 radical (unpaired) electrons. The second-order valence-corrected chi connectivity index (χ2v) is 5.69. The van der Waals surface area contributed by atoms with Gasteiger partial charge in [-0.25, -0.2) is 0 Å². The molecule has 0 fully saturated rings. The first-order chi connectivity index (χ1) is 11.4. The van der Waals surface area contributed by atoms with Crippen LogP contribution in [0.15, 0.2) is 30.3 Å². The summed E-state index contributed by atoms with van der Waals surface area (Å²) in [7, 11) is 0. The SMILES string of the molecule is CC(=O)N[C@H](CCCCN)C(=O)N[C@@H](Cc1ccccc1)C(N)=O. The summed E-state index contributed by atoms with van der Waals surface area (Å²) in [6, 6.07) is 7.75. The van der Waals surface area contributed by atoms with Crippen molar-refractivity contribution >= 4 is 17.7 Å². The van der Waals surface area contributed by atoms with E-state index in [4.69, 9.17) is 11.5 Å². The molecule has 24 heavy (non-hydrogen) atoms. The van der Waals surface area contributed by atoms with Gasteiger partial charge in [0.15, 0.2) is 0 Å². The fraction of sp³-hybridized carbons (Fsp3) is 0.471. The van der Waals surface area contributed by atoms with Gasteiger partial charge in [0.25, 0.3) is 0 Å². The summed E-state index contributed by atoms with van der Waals surface area (Å²) in [6.45, 7) is 1.87. The van der Waals surface area contributed by atoms with E-state index in [0.29, 0.717) is 25.8 Å². The number of primary amides is 1. The molecule has 0 aliphatic carbocycles. The van der Waals surface area contributed by atoms with Gasteiger partial charge in [0.2, 0.25) is 17.7 Å². The van der Waals surface area contributed by atoms with E-state index in [-0.39, 0.29) is 5.91 Å². The summed E-state index contributed by atoms with van der Waals surface area (Å²) >= 11 is 0. The second-order valence-electron chi connectivity index (χ2n) is 5.69. The van der Waals surface area contributed by atoms with Crippen LogP contribution in [0.2, 0.25) is 0 Å². The Bertz CT molecular complexity index is 548. The number of nitrogens with two attached hydrogens (primary N) is 2. The van der Waals surface area contributed by atoms with Crippen LogP contribution in [0.25, 0.3) is 0 Å². The first kappa shape index (κ1) is 19.6. The monoisotopic (exact) mass is 334 g/mol. The zero-order valence-corrected chi connectivity index (χ0v) is 14.0. The molecular formula is C17H26N4O3. The lowest BCUT2D eigenvalue weighted by Gasteiger charge is -2.21. The van der Waals surface area contributed by atoms with Crippen LogP contribution in [-0.2, 0) is 20.8 Å². The third kappa shape index (κ3) is 7.23. The van der Waals surface area contributed by atoms with E-state index in [2.05, 4.69) is 10.6 Å². The summed E-state index contributed by atoms with van der Waals surface area (Å²) in [4.78, 5) is 35.4. The van der Waals surface area contributed by atoms with Crippen LogP contribution in [0.1, 0.15) is 31.7 Å². The molecule has 0 aliphatic heterocycles. The van der Waals surface area contributed by atoms with Crippen LogP contribution in [0.5, 0.6) is 0 Å². The number of benzene rings is 1. The molecule has 6 N–H and O–H groups in total. The van der Waals surface area contributed by atoms with Gasteiger partial charge >= 0.3 is 0 Å². The zero-order chi connectivity index (χ0) is 17.9. The van der Waals surface area contributed by atoms with Gasteiger partial charge in [-0.05, 0) is 31.4 Å². The molecule has 3 amide bonds. The van der Waals surface area contributed by atoms with Crippen molar-refractivity contribution in [3.8, 4) is 0 Å². The van der Waals surface area contributed by atoms with Gasteiger partial charge in [-0.15, -0.1) is 0 Å². The highest BCUT2D eigenvalue weighted by Gasteiger charge is 2.24. The Labute approximate surface area is 142 Å². The lowest BCUT2D eigenvalue weighted by molar-refractivity contribution is -0.131. The van der Waals surface area contributed by atoms with E-state index in [1.165, 1.54) is 6.92 Å². The maximum Gasteiger partial charge on any atom is 0.243 e. The predicted octanol–water partition coefficient (Wildman–Crippen LogP) is -0.167. The minimum absolute atomic E-state index is 0.303. The Morgan fingerprint density at radius 2 is 1.71 bits per heavy atom. The molecule has 0 saturated heterocycles. The Morgan fingerprint density at radius 1 is 1.04 bits per heavy atom. The maximum atomic E-state index is 12.4. The van der Waals surface area contributed by atoms with Gasteiger partial charge in [0, 0.05) is 13.3 Å². The number of rotatable bonds is 10. The lowest BCUT2D eigenvalue weighted by atomic mass is 10.0. The van der Waals surface area contributed by atoms with Crippen molar-refractivity contribution in [1.82, 2.24) is 10.6 Å². The first-order valence-corrected chi connectivity index (χ1v) is 8.04. The Hall–Kier alpha value is -2.41. The molecule has 7 heteroatoms. The van der Waals surface area contributed by atoms with Crippen molar-refractivity contribution in [3.05, 3.63) is 35.9 Å². The minimum Gasteiger partial charge on any atom is -0.368 e. The normalized spacial score (nSPS) is 12.9. The highest BCUT2D eigenvalue weighted by atomic mass is 16.2. The van der Waals surface area contributed by atoms with Crippen molar-refractivity contribution in [2.75, 3.05) is 6.54 Å². The molecular weight excluding hydrogens is 308 g/mol. The van der Waals surface area contributed by atoms with E-state index in [0.717, 1.165) is 12.0 Å². The van der Waals surface area contributed by atoms with E-state index in [9.17, 15) is 14.4 Å². The number of hydrogen-bond donors (Lipinski definition) is 4. The van der Waals surface area contributed by atoms with Crippen LogP contribution in [0.4, 0.5) is 0 Å². The van der Waals surface area contributed by atoms with Gasteiger partial charge < -0.3 is 22.1 Å². The number of carbonyl (C=O) groups is 3. The molecule has 1 rings (SSSR count). The fourth-order valence-corrected chi connectivity index (χ4v) is 2.35. The Kier molecular flexibility index (Phi) is 8.49. The van der Waals surface area contributed by atoms with Crippen LogP contribution in [0.3, 0.4) is 0 Å². The van der Waals surface area contributed by atoms with Crippen molar-refractivity contribution in [3.63, 3.8) is 0 Å². The van der Waals surface area contributed by atoms with E-state index in [1.807, 2.05) is 30.3 Å². The van der Waals surface area contributed by atoms with Crippen LogP contribution in [-0.4, -0.2) is 36.3 Å². The third-order valence-corrected chi connectivity index (χ3v) is 3.58. The van der Waals surface area contributed by atoms with Crippen molar-refractivity contribution < 1.29 is 14.4 Å². The lowest BCUT2D eigenvalue weighted by Crippen LogP contribution is -2.53. The van der Waals surface area contributed by atoms with E-state index >= 15 is 0 Å². The van der Waals surface area contributed by atoms with Crippen LogP contribution < -0.4 is 22.1 Å². The molecule has 0 aromatic heterocycles. The second kappa shape index (κ2) is 10.4. The quantitative estimate of drug-likeness (QED) is 0.443. The molecule has 0 aliphatic rings. The summed E-state index contributed by atoms with van der Waals surface area (Å²) in [5.41, 5.74) is 11.7. The molecule has 1 aromatic carbocycles. The van der Waals surface area contributed by atoms with Crippen molar-refractivity contribution in [2.24, 2.45) is 11.5 Å². The standard InChI is InChI=1S/C17H26N4O3/c1-12(22)20-14(9-5-6-10-18)17(24)21-15(16(19)23)11-13-7-3-2-4-8-13/h2-4,7-8,14-15H,5-6,9-11,18H2,1H3,(H2,19,23)(H,20,22)(H,21,24)/t14-,15+/m1/s1. The average molecular weight is 334 g/mol. The Balaban J connectivity index is 2.72. The molecule has 0 bridgehead atoms. The topological polar surface area (TPSA) is 127 Å². The molecule has 132 valence electrons. The number of amides is 3. The van der Waals surface area contributed by atoms with Crippen molar-refractivity contribution in [1.29, 1.82) is 0 Å². The fourth-order valence-electron chi connectivity index (χ4n) is 2.35. The molecule has 2 atom stereocenters. The number of hydrogen-bond acceptors (Lipinski definition) is 4. The third-order valence-electron chi connectivity index (χ3n) is 3.58. The van der Waals surface area contributed by atoms with Gasteiger partial charge in [-0.3, -0.25) is 14.4 Å². The summed E-state index contributed by atoms with van der Waals surface area (Å²) in [6.07, 6.45) is 2.22. The molecule has 0 saturated carbocycles. The maximum absolute atomic E-state index is 12.4. The first-order valence-electron chi connectivity index (χ1n) is 8.04. The molecule has 0 spiro atoms. The molecule has 0 unspecified atom stereocenters. The Morgan fingerprint density at radius 3 is 2.25 bits per heavy atom. The van der Waals surface area contributed by atoms with Crippen molar-refractivity contribution in [2.45, 2.75) is 44.7 Å². The van der Waals surface area contributed by atoms with Gasteiger partial charge in [0.05, 0.1) is 0 Å². The van der Waals surface area contributed by atoms with Crippen LogP contribution >= 0.6 is 0 Å². The largest absolute Gasteiger partial charge is 0.368 e. The molecule has 0 heterocycles. The van der Waals surface area contributed by atoms with Gasteiger partial charge in [0.1, 0.15) is 12.1 Å².